The Balaban J connectivity index is 2.61. The van der Waals surface area contributed by atoms with Gasteiger partial charge >= 0.3 is 5.97 Å². The van der Waals surface area contributed by atoms with Crippen molar-refractivity contribution in [1.82, 2.24) is 4.98 Å². The zero-order valence-corrected chi connectivity index (χ0v) is 10.2. The van der Waals surface area contributed by atoms with E-state index in [4.69, 9.17) is 0 Å². The fraction of sp³-hybridized carbons (Fsp3) is 0.500. The van der Waals surface area contributed by atoms with E-state index in [9.17, 15) is 4.79 Å². The Morgan fingerprint density at radius 2 is 2.25 bits per heavy atom. The molecule has 0 amide bonds. The highest BCUT2D eigenvalue weighted by Gasteiger charge is 2.15. The third-order valence-corrected chi connectivity index (χ3v) is 2.44. The molecule has 0 saturated carbocycles. The van der Waals surface area contributed by atoms with Crippen LogP contribution < -0.4 is 4.90 Å². The molecule has 0 spiro atoms. The van der Waals surface area contributed by atoms with Crippen molar-refractivity contribution in [2.75, 3.05) is 25.6 Å². The fourth-order valence-electron chi connectivity index (χ4n) is 1.47. The Labute approximate surface area is 96.2 Å². The molecule has 0 aliphatic heterocycles. The van der Waals surface area contributed by atoms with Crippen LogP contribution in [0.15, 0.2) is 18.3 Å². The molecule has 0 aliphatic rings. The molecule has 16 heavy (non-hydrogen) atoms. The van der Waals surface area contributed by atoms with Gasteiger partial charge in [0.2, 0.25) is 0 Å². The quantitative estimate of drug-likeness (QED) is 0.726. The van der Waals surface area contributed by atoms with Gasteiger partial charge in [0.1, 0.15) is 5.82 Å². The van der Waals surface area contributed by atoms with Gasteiger partial charge in [0.05, 0.1) is 13.0 Å². The molecule has 4 heteroatoms. The minimum Gasteiger partial charge on any atom is -0.469 e. The van der Waals surface area contributed by atoms with Crippen LogP contribution in [0.5, 0.6) is 0 Å². The maximum absolute atomic E-state index is 11.3. The van der Waals surface area contributed by atoms with Gasteiger partial charge in [0, 0.05) is 19.8 Å². The maximum Gasteiger partial charge on any atom is 0.310 e. The van der Waals surface area contributed by atoms with E-state index < -0.39 is 0 Å². The molecule has 1 atom stereocenters. The molecular formula is C12H18N2O2. The van der Waals surface area contributed by atoms with Gasteiger partial charge in [-0.3, -0.25) is 4.79 Å². The van der Waals surface area contributed by atoms with Crippen LogP contribution in [0.4, 0.5) is 5.82 Å². The lowest BCUT2D eigenvalue weighted by Crippen LogP contribution is -2.29. The molecule has 0 bridgehead atoms. The number of carbonyl (C=O) groups excluding carboxylic acids is 1. The van der Waals surface area contributed by atoms with Crippen LogP contribution in [0.1, 0.15) is 12.5 Å². The smallest absolute Gasteiger partial charge is 0.310 e. The molecular weight excluding hydrogens is 204 g/mol. The normalized spacial score (nSPS) is 12.0. The lowest BCUT2D eigenvalue weighted by Gasteiger charge is -2.21. The topological polar surface area (TPSA) is 42.4 Å². The van der Waals surface area contributed by atoms with E-state index in [2.05, 4.69) is 9.72 Å². The minimum atomic E-state index is -0.195. The molecule has 0 fully saturated rings. The van der Waals surface area contributed by atoms with Crippen molar-refractivity contribution >= 4 is 11.8 Å². The van der Waals surface area contributed by atoms with E-state index in [-0.39, 0.29) is 11.9 Å². The van der Waals surface area contributed by atoms with Crippen LogP contribution in [-0.4, -0.2) is 31.7 Å². The van der Waals surface area contributed by atoms with E-state index in [1.54, 1.807) is 0 Å². The van der Waals surface area contributed by atoms with E-state index in [0.29, 0.717) is 6.54 Å². The molecule has 1 rings (SSSR count). The zero-order valence-electron chi connectivity index (χ0n) is 10.2. The summed E-state index contributed by atoms with van der Waals surface area (Å²) in [6.45, 7) is 4.44. The summed E-state index contributed by atoms with van der Waals surface area (Å²) in [6, 6.07) is 3.95. The van der Waals surface area contributed by atoms with E-state index in [1.165, 1.54) is 7.11 Å². The van der Waals surface area contributed by atoms with Crippen LogP contribution >= 0.6 is 0 Å². The molecule has 0 aromatic carbocycles. The van der Waals surface area contributed by atoms with E-state index >= 15 is 0 Å². The van der Waals surface area contributed by atoms with Gasteiger partial charge < -0.3 is 9.64 Å². The van der Waals surface area contributed by atoms with Crippen molar-refractivity contribution in [2.45, 2.75) is 13.8 Å². The number of hydrogen-bond acceptors (Lipinski definition) is 4. The molecule has 0 saturated heterocycles. The summed E-state index contributed by atoms with van der Waals surface area (Å²) in [6.07, 6.45) is 1.81. The fourth-order valence-corrected chi connectivity index (χ4v) is 1.47. The average Bonchev–Trinajstić information content (AvgIpc) is 2.28. The highest BCUT2D eigenvalue weighted by molar-refractivity contribution is 5.72. The average molecular weight is 222 g/mol. The van der Waals surface area contributed by atoms with Crippen LogP contribution in [0, 0.1) is 12.8 Å². The third kappa shape index (κ3) is 3.22. The van der Waals surface area contributed by atoms with E-state index in [0.717, 1.165) is 11.4 Å². The standard InChI is InChI=1S/C12H18N2O2/c1-9-5-6-11(13-7-9)14(3)8-10(2)12(15)16-4/h5-7,10H,8H2,1-4H3. The number of anilines is 1. The van der Waals surface area contributed by atoms with Crippen LogP contribution in [-0.2, 0) is 9.53 Å². The summed E-state index contributed by atoms with van der Waals surface area (Å²) in [5, 5.41) is 0. The highest BCUT2D eigenvalue weighted by Crippen LogP contribution is 2.11. The van der Waals surface area contributed by atoms with Crippen molar-refractivity contribution in [2.24, 2.45) is 5.92 Å². The first-order valence-electron chi connectivity index (χ1n) is 5.26. The molecule has 1 aromatic heterocycles. The van der Waals surface area contributed by atoms with Crippen LogP contribution in [0.2, 0.25) is 0 Å². The second kappa shape index (κ2) is 5.49. The number of rotatable bonds is 4. The van der Waals surface area contributed by atoms with Gasteiger partial charge in [-0.05, 0) is 18.6 Å². The first-order valence-corrected chi connectivity index (χ1v) is 5.26. The second-order valence-electron chi connectivity index (χ2n) is 4.00. The summed E-state index contributed by atoms with van der Waals surface area (Å²) < 4.78 is 4.68. The predicted octanol–water partition coefficient (Wildman–Crippen LogP) is 1.64. The highest BCUT2D eigenvalue weighted by atomic mass is 16.5. The van der Waals surface area contributed by atoms with Crippen molar-refractivity contribution in [1.29, 1.82) is 0 Å². The van der Waals surface area contributed by atoms with Gasteiger partial charge in [0.25, 0.3) is 0 Å². The van der Waals surface area contributed by atoms with Crippen molar-refractivity contribution in [3.63, 3.8) is 0 Å². The van der Waals surface area contributed by atoms with Crippen molar-refractivity contribution < 1.29 is 9.53 Å². The first kappa shape index (κ1) is 12.5. The second-order valence-corrected chi connectivity index (χ2v) is 4.00. The largest absolute Gasteiger partial charge is 0.469 e. The van der Waals surface area contributed by atoms with Gasteiger partial charge in [-0.2, -0.15) is 0 Å². The first-order chi connectivity index (χ1) is 7.54. The molecule has 0 N–H and O–H groups in total. The number of nitrogens with zero attached hydrogens (tertiary/aromatic N) is 2. The molecule has 0 radical (unpaired) electrons. The Morgan fingerprint density at radius 3 is 2.75 bits per heavy atom. The van der Waals surface area contributed by atoms with Gasteiger partial charge in [-0.25, -0.2) is 4.98 Å². The molecule has 0 aliphatic carbocycles. The number of ether oxygens (including phenoxy) is 1. The molecule has 88 valence electrons. The molecule has 1 unspecified atom stereocenters. The Kier molecular flexibility index (Phi) is 4.28. The number of hydrogen-bond donors (Lipinski definition) is 0. The summed E-state index contributed by atoms with van der Waals surface area (Å²) in [7, 11) is 3.32. The Hall–Kier alpha value is -1.58. The van der Waals surface area contributed by atoms with Gasteiger partial charge in [-0.1, -0.05) is 13.0 Å². The SMILES string of the molecule is COC(=O)C(C)CN(C)c1ccc(C)cn1. The van der Waals surface area contributed by atoms with Crippen molar-refractivity contribution in [3.05, 3.63) is 23.9 Å². The van der Waals surface area contributed by atoms with E-state index in [1.807, 2.05) is 44.1 Å². The summed E-state index contributed by atoms with van der Waals surface area (Å²) in [5.41, 5.74) is 1.12. The number of esters is 1. The number of carbonyl (C=O) groups is 1. The predicted molar refractivity (Wildman–Crippen MR) is 63.4 cm³/mol. The van der Waals surface area contributed by atoms with Crippen LogP contribution in [0.25, 0.3) is 0 Å². The van der Waals surface area contributed by atoms with Crippen molar-refractivity contribution in [3.8, 4) is 0 Å². The summed E-state index contributed by atoms with van der Waals surface area (Å²) >= 11 is 0. The number of aromatic nitrogens is 1. The van der Waals surface area contributed by atoms with Gasteiger partial charge in [0.15, 0.2) is 0 Å². The lowest BCUT2D eigenvalue weighted by atomic mass is 10.2. The lowest BCUT2D eigenvalue weighted by molar-refractivity contribution is -0.144. The number of methoxy groups -OCH3 is 1. The minimum absolute atomic E-state index is 0.155. The maximum atomic E-state index is 11.3. The number of aryl methyl sites for hydroxylation is 1. The summed E-state index contributed by atoms with van der Waals surface area (Å²) in [4.78, 5) is 17.5. The Morgan fingerprint density at radius 1 is 1.56 bits per heavy atom. The third-order valence-electron chi connectivity index (χ3n) is 2.44. The van der Waals surface area contributed by atoms with Gasteiger partial charge in [-0.15, -0.1) is 0 Å². The summed E-state index contributed by atoms with van der Waals surface area (Å²) in [5.74, 6) is 0.512. The molecule has 4 nitrogen and oxygen atoms in total. The Bertz CT molecular complexity index is 349. The zero-order chi connectivity index (χ0) is 12.1. The molecule has 1 heterocycles. The molecule has 1 aromatic rings. The van der Waals surface area contributed by atoms with Crippen LogP contribution in [0.3, 0.4) is 0 Å². The number of pyridine rings is 1. The monoisotopic (exact) mass is 222 g/mol.